The minimum Gasteiger partial charge on any atom is -0.309 e. The van der Waals surface area contributed by atoms with Gasteiger partial charge in [-0.2, -0.15) is 0 Å². The molecule has 0 amide bonds. The van der Waals surface area contributed by atoms with Crippen molar-refractivity contribution in [2.45, 2.75) is 57.3 Å². The molecule has 0 bridgehead atoms. The fourth-order valence-corrected chi connectivity index (χ4v) is 10.7. The molecular weight excluding hydrogens is 723 g/mol. The average Bonchev–Trinajstić information content (AvgIpc) is 3.55. The van der Waals surface area contributed by atoms with Gasteiger partial charge in [-0.25, -0.2) is 0 Å². The van der Waals surface area contributed by atoms with Crippen LogP contribution in [0.4, 0.5) is 17.1 Å². The Morgan fingerprint density at radius 2 is 0.967 bits per heavy atom. The molecular formula is C59H49N. The van der Waals surface area contributed by atoms with E-state index in [1.165, 1.54) is 121 Å². The quantitative estimate of drug-likeness (QED) is 0.156. The second-order valence-electron chi connectivity index (χ2n) is 17.5. The molecule has 1 nitrogen and oxygen atoms in total. The van der Waals surface area contributed by atoms with Gasteiger partial charge >= 0.3 is 0 Å². The molecule has 0 atom stereocenters. The molecule has 11 rings (SSSR count). The Morgan fingerprint density at radius 1 is 0.417 bits per heavy atom. The van der Waals surface area contributed by atoms with Crippen LogP contribution in [-0.4, -0.2) is 0 Å². The second-order valence-corrected chi connectivity index (χ2v) is 17.5. The van der Waals surface area contributed by atoms with Gasteiger partial charge in [-0.15, -0.1) is 0 Å². The first-order valence-corrected chi connectivity index (χ1v) is 21.9. The van der Waals surface area contributed by atoms with E-state index in [0.717, 1.165) is 11.4 Å². The third kappa shape index (κ3) is 6.06. The van der Waals surface area contributed by atoms with Crippen molar-refractivity contribution in [3.8, 4) is 44.5 Å². The van der Waals surface area contributed by atoms with E-state index in [-0.39, 0.29) is 5.41 Å². The molecule has 0 saturated heterocycles. The summed E-state index contributed by atoms with van der Waals surface area (Å²) in [4.78, 5) is 2.53. The highest BCUT2D eigenvalue weighted by molar-refractivity contribution is 6.05. The molecule has 0 aliphatic heterocycles. The predicted octanol–water partition coefficient (Wildman–Crippen LogP) is 16.8. The molecule has 0 N–H and O–H groups in total. The van der Waals surface area contributed by atoms with Gasteiger partial charge in [0.05, 0.1) is 11.4 Å². The standard InChI is InChI=1S/C59H49N/c1-59(2)53-29-11-8-25-52(53)58-51(28-16-30-54(58)59)49-24-10-13-32-56(49)60(46-37-35-41(36-38-46)45-34-33-40-17-6-7-20-44(40)39-45)55-31-12-9-23-48(55)50-27-15-22-43-21-14-26-47(57(43)50)42-18-4-3-5-19-42/h6-17,20-39,42H,3-5,18-19H2,1-2H3. The second kappa shape index (κ2) is 14.8. The van der Waals surface area contributed by atoms with Gasteiger partial charge in [-0.1, -0.05) is 197 Å². The summed E-state index contributed by atoms with van der Waals surface area (Å²) in [6.45, 7) is 4.75. The zero-order chi connectivity index (χ0) is 40.2. The highest BCUT2D eigenvalue weighted by atomic mass is 15.1. The van der Waals surface area contributed by atoms with Crippen molar-refractivity contribution in [2.24, 2.45) is 0 Å². The highest BCUT2D eigenvalue weighted by Gasteiger charge is 2.37. The molecule has 9 aromatic carbocycles. The lowest BCUT2D eigenvalue weighted by Crippen LogP contribution is -2.15. The van der Waals surface area contributed by atoms with Gasteiger partial charge in [-0.3, -0.25) is 0 Å². The van der Waals surface area contributed by atoms with Crippen LogP contribution < -0.4 is 4.90 Å². The third-order valence-corrected chi connectivity index (χ3v) is 13.7. The summed E-state index contributed by atoms with van der Waals surface area (Å²) in [5, 5.41) is 5.24. The number of hydrogen-bond donors (Lipinski definition) is 0. The Bertz CT molecular complexity index is 3050. The Kier molecular flexibility index (Phi) is 9.00. The zero-order valence-electron chi connectivity index (χ0n) is 34.5. The van der Waals surface area contributed by atoms with Gasteiger partial charge in [-0.05, 0) is 121 Å². The van der Waals surface area contributed by atoms with Crippen molar-refractivity contribution in [3.05, 3.63) is 211 Å². The van der Waals surface area contributed by atoms with E-state index in [1.807, 2.05) is 0 Å². The summed E-state index contributed by atoms with van der Waals surface area (Å²) in [7, 11) is 0. The third-order valence-electron chi connectivity index (χ3n) is 13.7. The van der Waals surface area contributed by atoms with E-state index in [2.05, 4.69) is 213 Å². The van der Waals surface area contributed by atoms with Crippen LogP contribution in [0.3, 0.4) is 0 Å². The van der Waals surface area contributed by atoms with Crippen LogP contribution in [0.25, 0.3) is 66.1 Å². The molecule has 9 aromatic rings. The van der Waals surface area contributed by atoms with Crippen LogP contribution in [0.5, 0.6) is 0 Å². The van der Waals surface area contributed by atoms with E-state index in [9.17, 15) is 0 Å². The monoisotopic (exact) mass is 771 g/mol. The van der Waals surface area contributed by atoms with Crippen LogP contribution in [0.1, 0.15) is 68.6 Å². The molecule has 1 fully saturated rings. The number of benzene rings is 9. The predicted molar refractivity (Wildman–Crippen MR) is 256 cm³/mol. The molecule has 0 aromatic heterocycles. The Labute approximate surface area is 354 Å². The van der Waals surface area contributed by atoms with E-state index < -0.39 is 0 Å². The maximum Gasteiger partial charge on any atom is 0.0540 e. The van der Waals surface area contributed by atoms with Crippen LogP contribution in [0.15, 0.2) is 194 Å². The topological polar surface area (TPSA) is 3.24 Å². The molecule has 0 unspecified atom stereocenters. The van der Waals surface area contributed by atoms with Crippen LogP contribution in [-0.2, 0) is 5.41 Å². The van der Waals surface area contributed by atoms with Crippen molar-refractivity contribution in [1.29, 1.82) is 0 Å². The van der Waals surface area contributed by atoms with Crippen molar-refractivity contribution in [2.75, 3.05) is 4.90 Å². The summed E-state index contributed by atoms with van der Waals surface area (Å²) >= 11 is 0. The number of anilines is 3. The highest BCUT2D eigenvalue weighted by Crippen LogP contribution is 2.54. The summed E-state index contributed by atoms with van der Waals surface area (Å²) in [6.07, 6.45) is 6.49. The minimum atomic E-state index is -0.0911. The lowest BCUT2D eigenvalue weighted by Gasteiger charge is -2.31. The first-order valence-electron chi connectivity index (χ1n) is 21.9. The number of hydrogen-bond acceptors (Lipinski definition) is 1. The van der Waals surface area contributed by atoms with Gasteiger partial charge in [0.1, 0.15) is 0 Å². The number of rotatable bonds is 7. The van der Waals surface area contributed by atoms with Gasteiger partial charge in [0.2, 0.25) is 0 Å². The molecule has 2 aliphatic carbocycles. The molecule has 0 spiro atoms. The Morgan fingerprint density at radius 3 is 1.73 bits per heavy atom. The number of fused-ring (bicyclic) bond motifs is 5. The van der Waals surface area contributed by atoms with Crippen molar-refractivity contribution in [3.63, 3.8) is 0 Å². The molecule has 0 heterocycles. The van der Waals surface area contributed by atoms with Crippen LogP contribution >= 0.6 is 0 Å². The molecule has 0 radical (unpaired) electrons. The van der Waals surface area contributed by atoms with E-state index in [4.69, 9.17) is 0 Å². The number of nitrogens with zero attached hydrogens (tertiary/aromatic N) is 1. The van der Waals surface area contributed by atoms with Gasteiger partial charge in [0, 0.05) is 22.2 Å². The van der Waals surface area contributed by atoms with Crippen molar-refractivity contribution < 1.29 is 0 Å². The largest absolute Gasteiger partial charge is 0.309 e. The van der Waals surface area contributed by atoms with E-state index in [1.54, 1.807) is 0 Å². The van der Waals surface area contributed by atoms with Crippen LogP contribution in [0.2, 0.25) is 0 Å². The summed E-state index contributed by atoms with van der Waals surface area (Å²) < 4.78 is 0. The zero-order valence-corrected chi connectivity index (χ0v) is 34.5. The lowest BCUT2D eigenvalue weighted by molar-refractivity contribution is 0.445. The first kappa shape index (κ1) is 36.4. The maximum absolute atomic E-state index is 2.53. The van der Waals surface area contributed by atoms with Gasteiger partial charge in [0.25, 0.3) is 0 Å². The SMILES string of the molecule is CC1(C)c2ccccc2-c2c(-c3ccccc3N(c3ccc(-c4ccc5ccccc5c4)cc3)c3ccccc3-c3cccc4cccc(C5CCCCC5)c34)cccc21. The lowest BCUT2D eigenvalue weighted by atomic mass is 9.80. The van der Waals surface area contributed by atoms with Gasteiger partial charge < -0.3 is 4.90 Å². The van der Waals surface area contributed by atoms with Crippen LogP contribution in [0, 0.1) is 0 Å². The van der Waals surface area contributed by atoms with Crippen molar-refractivity contribution in [1.82, 2.24) is 0 Å². The molecule has 1 saturated carbocycles. The first-order chi connectivity index (χ1) is 29.5. The fraction of sp³-hybridized carbons (Fsp3) is 0.153. The van der Waals surface area contributed by atoms with Crippen molar-refractivity contribution >= 4 is 38.6 Å². The molecule has 60 heavy (non-hydrogen) atoms. The number of para-hydroxylation sites is 2. The molecule has 1 heteroatoms. The van der Waals surface area contributed by atoms with E-state index in [0.29, 0.717) is 5.92 Å². The minimum absolute atomic E-state index is 0.0911. The Hall–Kier alpha value is -6.70. The van der Waals surface area contributed by atoms with Gasteiger partial charge in [0.15, 0.2) is 0 Å². The summed E-state index contributed by atoms with van der Waals surface area (Å²) in [5.41, 5.74) is 17.8. The Balaban J connectivity index is 1.14. The molecule has 2 aliphatic rings. The maximum atomic E-state index is 2.53. The summed E-state index contributed by atoms with van der Waals surface area (Å²) in [6, 6.07) is 72.7. The fourth-order valence-electron chi connectivity index (χ4n) is 10.7. The average molecular weight is 772 g/mol. The molecule has 290 valence electrons. The summed E-state index contributed by atoms with van der Waals surface area (Å²) in [5.74, 6) is 0.586. The van der Waals surface area contributed by atoms with E-state index >= 15 is 0 Å². The normalized spacial score (nSPS) is 14.6. The smallest absolute Gasteiger partial charge is 0.0540 e.